The molecule has 3 aliphatic rings. The first-order valence-electron chi connectivity index (χ1n) is 15.8. The Morgan fingerprint density at radius 1 is 0.812 bits per heavy atom. The van der Waals surface area contributed by atoms with Gasteiger partial charge in [-0.3, -0.25) is 9.59 Å². The van der Waals surface area contributed by atoms with Crippen LogP contribution in [0, 0.1) is 5.92 Å². The first-order chi connectivity index (χ1) is 23.4. The number of aromatic hydroxyl groups is 1. The fourth-order valence-corrected chi connectivity index (χ4v) is 8.18. The summed E-state index contributed by atoms with van der Waals surface area (Å²) < 4.78 is 9.54. The minimum absolute atomic E-state index is 0.0705. The molecule has 4 atom stereocenters. The van der Waals surface area contributed by atoms with Crippen LogP contribution < -0.4 is 16.1 Å². The number of allylic oxidation sites excluding steroid dienone is 4. The highest BCUT2D eigenvalue weighted by molar-refractivity contribution is 6.31. The van der Waals surface area contributed by atoms with E-state index in [0.29, 0.717) is 28.0 Å². The topological polar surface area (TPSA) is 113 Å². The molecule has 238 valence electrons. The highest BCUT2D eigenvalue weighted by Crippen LogP contribution is 2.61. The lowest BCUT2D eigenvalue weighted by Crippen LogP contribution is -2.58. The Morgan fingerprint density at radius 3 is 2.17 bits per heavy atom. The van der Waals surface area contributed by atoms with Crippen molar-refractivity contribution in [1.82, 2.24) is 13.9 Å². The zero-order chi connectivity index (χ0) is 33.2. The maximum absolute atomic E-state index is 15.1. The van der Waals surface area contributed by atoms with E-state index in [2.05, 4.69) is 0 Å². The van der Waals surface area contributed by atoms with Crippen LogP contribution in [-0.4, -0.2) is 37.7 Å². The first kappa shape index (κ1) is 29.4. The molecule has 0 bridgehead atoms. The van der Waals surface area contributed by atoms with Crippen molar-refractivity contribution < 1.29 is 19.4 Å². The average molecular weight is 638 g/mol. The van der Waals surface area contributed by atoms with Crippen molar-refractivity contribution in [3.8, 4) is 17.2 Å². The van der Waals surface area contributed by atoms with Gasteiger partial charge in [-0.1, -0.05) is 91.0 Å². The van der Waals surface area contributed by atoms with Crippen LogP contribution in [-0.2, 0) is 21.5 Å². The smallest absolute Gasteiger partial charge is 0.352 e. The van der Waals surface area contributed by atoms with Gasteiger partial charge in [0.2, 0.25) is 0 Å². The van der Waals surface area contributed by atoms with Crippen LogP contribution in [0.4, 0.5) is 0 Å². The van der Waals surface area contributed by atoms with Crippen LogP contribution in [0.5, 0.6) is 11.5 Å². The number of para-hydroxylation sites is 1. The third kappa shape index (κ3) is 4.10. The molecule has 0 unspecified atom stereocenters. The summed E-state index contributed by atoms with van der Waals surface area (Å²) in [6.45, 7) is 0.0915. The Labute approximate surface area is 275 Å². The molecule has 48 heavy (non-hydrogen) atoms. The van der Waals surface area contributed by atoms with Gasteiger partial charge in [0, 0.05) is 17.4 Å². The monoisotopic (exact) mass is 637 g/mol. The predicted molar refractivity (Wildman–Crippen MR) is 179 cm³/mol. The lowest BCUT2D eigenvalue weighted by Gasteiger charge is -2.54. The van der Waals surface area contributed by atoms with Gasteiger partial charge in [-0.05, 0) is 59.0 Å². The highest BCUT2D eigenvalue weighted by atomic mass is 16.5. The van der Waals surface area contributed by atoms with Gasteiger partial charge in [0.15, 0.2) is 23.1 Å². The van der Waals surface area contributed by atoms with Crippen molar-refractivity contribution >= 4 is 17.1 Å². The van der Waals surface area contributed by atoms with Gasteiger partial charge >= 0.3 is 11.4 Å². The molecule has 9 heteroatoms. The molecule has 1 aromatic heterocycles. The van der Waals surface area contributed by atoms with Crippen molar-refractivity contribution in [3.63, 3.8) is 0 Å². The number of ether oxygens (including phenoxy) is 1. The second kappa shape index (κ2) is 11.1. The summed E-state index contributed by atoms with van der Waals surface area (Å²) in [5, 5.41) is 10.6. The second-order valence-electron chi connectivity index (χ2n) is 12.4. The van der Waals surface area contributed by atoms with Crippen LogP contribution in [0.25, 0.3) is 11.3 Å². The van der Waals surface area contributed by atoms with Gasteiger partial charge in [0.25, 0.3) is 0 Å². The minimum Gasteiger partial charge on any atom is -0.504 e. The summed E-state index contributed by atoms with van der Waals surface area (Å²) in [6, 6.07) is 31.4. The summed E-state index contributed by atoms with van der Waals surface area (Å²) in [5.41, 5.74) is 1.04. The van der Waals surface area contributed by atoms with Gasteiger partial charge in [0.05, 0.1) is 30.8 Å². The van der Waals surface area contributed by atoms with Gasteiger partial charge in [0.1, 0.15) is 0 Å². The Morgan fingerprint density at radius 2 is 1.48 bits per heavy atom. The molecule has 4 aromatic carbocycles. The first-order valence-corrected chi connectivity index (χ1v) is 15.8. The van der Waals surface area contributed by atoms with Crippen molar-refractivity contribution in [3.05, 3.63) is 165 Å². The number of phenols is 1. The van der Waals surface area contributed by atoms with Crippen molar-refractivity contribution in [2.24, 2.45) is 5.92 Å². The largest absolute Gasteiger partial charge is 0.504 e. The molecule has 5 aromatic rings. The van der Waals surface area contributed by atoms with E-state index < -0.39 is 34.7 Å². The molecule has 0 amide bonds. The number of ketones is 2. The normalized spacial score (nSPS) is 23.0. The van der Waals surface area contributed by atoms with Crippen LogP contribution in [0.1, 0.15) is 35.1 Å². The van der Waals surface area contributed by atoms with Crippen molar-refractivity contribution in [1.29, 1.82) is 0 Å². The molecule has 1 saturated carbocycles. The van der Waals surface area contributed by atoms with E-state index in [1.54, 1.807) is 36.4 Å². The predicted octanol–water partition coefficient (Wildman–Crippen LogP) is 4.97. The number of carbonyl (C=O) groups excluding carboxylic acids is 2. The summed E-state index contributed by atoms with van der Waals surface area (Å²) in [7, 11) is 1.45. The Hall–Kier alpha value is -5.96. The number of carbonyl (C=O) groups is 2. The number of fused-ring (bicyclic) bond motifs is 4. The maximum Gasteiger partial charge on any atom is 0.352 e. The summed E-state index contributed by atoms with van der Waals surface area (Å²) in [5.74, 6) is -1.96. The molecule has 0 spiro atoms. The van der Waals surface area contributed by atoms with E-state index in [1.165, 1.54) is 28.6 Å². The molecule has 1 fully saturated rings. The number of hydrogen-bond acceptors (Lipinski definition) is 6. The van der Waals surface area contributed by atoms with E-state index in [4.69, 9.17) is 4.74 Å². The standard InChI is InChI=1S/C39H31N3O6/c1-48-33-21-25(17-18-32(33)43)35-28-19-20-40-37(46)41(27-15-9-4-10-16-27)38(47)42(40)31(28)23-30-36(45)29(24-11-5-2-6-12-24)22-34(44)39(30,35)26-13-7-3-8-14-26/h2-19,21-22,30-31,35,43H,20,23H2,1H3/t30-,31+,35-,39-/m0/s1. The summed E-state index contributed by atoms with van der Waals surface area (Å²) in [6.07, 6.45) is 3.50. The van der Waals surface area contributed by atoms with Crippen LogP contribution in [0.15, 0.2) is 137 Å². The Bertz CT molecular complexity index is 2280. The van der Waals surface area contributed by atoms with E-state index in [1.807, 2.05) is 72.8 Å². The molecular formula is C39H31N3O6. The number of Topliss-reactive ketones (excluding diaryl/α,β-unsaturated/α-hetero) is 1. The van der Waals surface area contributed by atoms with Crippen molar-refractivity contribution in [2.75, 3.05) is 7.11 Å². The number of methoxy groups -OCH3 is 1. The number of aromatic nitrogens is 3. The molecule has 1 N–H and O–H groups in total. The van der Waals surface area contributed by atoms with E-state index in [-0.39, 0.29) is 36.0 Å². The van der Waals surface area contributed by atoms with Gasteiger partial charge in [-0.2, -0.15) is 0 Å². The Kier molecular flexibility index (Phi) is 6.80. The molecule has 2 aliphatic carbocycles. The highest BCUT2D eigenvalue weighted by Gasteiger charge is 2.63. The zero-order valence-electron chi connectivity index (χ0n) is 26.0. The van der Waals surface area contributed by atoms with Gasteiger partial charge in [-0.25, -0.2) is 23.5 Å². The van der Waals surface area contributed by atoms with E-state index in [0.717, 1.165) is 10.1 Å². The average Bonchev–Trinajstić information content (AvgIpc) is 3.39. The molecule has 2 heterocycles. The second-order valence-corrected chi connectivity index (χ2v) is 12.4. The molecular weight excluding hydrogens is 606 g/mol. The number of rotatable bonds is 5. The third-order valence-electron chi connectivity index (χ3n) is 10.2. The lowest BCUT2D eigenvalue weighted by molar-refractivity contribution is -0.133. The van der Waals surface area contributed by atoms with Gasteiger partial charge in [-0.15, -0.1) is 0 Å². The number of benzene rings is 4. The number of nitrogens with zero attached hydrogens (tertiary/aromatic N) is 3. The molecule has 0 saturated heterocycles. The minimum atomic E-state index is -1.39. The SMILES string of the molecule is COc1cc([C@H]2C3=CCn4c(=O)n(-c5ccccc5)c(=O)n4[C@@H]3C[C@H]3C(=O)C(c4ccccc4)=CC(=O)[C@@]23c2ccccc2)ccc1O. The van der Waals surface area contributed by atoms with Crippen LogP contribution >= 0.6 is 0 Å². The van der Waals surface area contributed by atoms with Crippen molar-refractivity contribution in [2.45, 2.75) is 30.3 Å². The fourth-order valence-electron chi connectivity index (χ4n) is 8.18. The molecule has 1 aliphatic heterocycles. The zero-order valence-corrected chi connectivity index (χ0v) is 26.0. The van der Waals surface area contributed by atoms with Crippen LogP contribution in [0.2, 0.25) is 0 Å². The maximum atomic E-state index is 15.1. The van der Waals surface area contributed by atoms with E-state index in [9.17, 15) is 19.5 Å². The van der Waals surface area contributed by atoms with Gasteiger partial charge < -0.3 is 9.84 Å². The third-order valence-corrected chi connectivity index (χ3v) is 10.2. The number of hydrogen-bond donors (Lipinski definition) is 1. The lowest BCUT2D eigenvalue weighted by atomic mass is 9.47. The van der Waals surface area contributed by atoms with Crippen LogP contribution in [0.3, 0.4) is 0 Å². The molecule has 0 radical (unpaired) electrons. The Balaban J connectivity index is 1.43. The summed E-state index contributed by atoms with van der Waals surface area (Å²) in [4.78, 5) is 58.1. The molecule has 9 nitrogen and oxygen atoms in total. The quantitative estimate of drug-likeness (QED) is 0.273. The molecule has 8 rings (SSSR count). The number of phenolic OH excluding ortho intramolecular Hbond substituents is 1. The fraction of sp³-hybridized carbons (Fsp3) is 0.179. The van der Waals surface area contributed by atoms with E-state index >= 15 is 4.79 Å². The summed E-state index contributed by atoms with van der Waals surface area (Å²) >= 11 is 0.